The van der Waals surface area contributed by atoms with Gasteiger partial charge < -0.3 is 0 Å². The zero-order chi connectivity index (χ0) is 22.8. The molecule has 0 aromatic rings. The normalized spacial score (nSPS) is 10.3. The van der Waals surface area contributed by atoms with E-state index in [1.165, 1.54) is 77.0 Å². The summed E-state index contributed by atoms with van der Waals surface area (Å²) in [6, 6.07) is 0. The molecule has 0 amide bonds. The van der Waals surface area contributed by atoms with Crippen LogP contribution in [0.5, 0.6) is 0 Å². The minimum absolute atomic E-state index is 0.986. The molecule has 0 saturated heterocycles. The Bertz CT molecular complexity index is 134. The van der Waals surface area contributed by atoms with Gasteiger partial charge in [-0.2, -0.15) is 0 Å². The van der Waals surface area contributed by atoms with Gasteiger partial charge >= 0.3 is 0 Å². The van der Waals surface area contributed by atoms with Crippen molar-refractivity contribution in [1.82, 2.24) is 0 Å². The third-order valence-corrected chi connectivity index (χ3v) is 6.93. The standard InChI is InChI=1S/4C7H16/c4*1-4-7(5-2)6-3/h4*7H,4-6H2,1-3H3. The molecular formula is C28H64. The fraction of sp³-hybridized carbons (Fsp3) is 1.00. The zero-order valence-corrected chi connectivity index (χ0v) is 22.8. The summed E-state index contributed by atoms with van der Waals surface area (Å²) in [5.74, 6) is 3.94. The largest absolute Gasteiger partial charge is 0.0651 e. The van der Waals surface area contributed by atoms with Crippen molar-refractivity contribution in [3.63, 3.8) is 0 Å². The molecule has 0 heterocycles. The summed E-state index contributed by atoms with van der Waals surface area (Å²) in [6.07, 6.45) is 16.2. The first-order chi connectivity index (χ1) is 13.4. The molecule has 0 unspecified atom stereocenters. The highest BCUT2D eigenvalue weighted by molar-refractivity contribution is 4.50. The van der Waals surface area contributed by atoms with Gasteiger partial charge in [0.2, 0.25) is 0 Å². The molecule has 0 nitrogen and oxygen atoms in total. The number of hydrogen-bond donors (Lipinski definition) is 0. The SMILES string of the molecule is CCC(CC)CC.CCC(CC)CC.CCC(CC)CC.CCC(CC)CC. The minimum Gasteiger partial charge on any atom is -0.0651 e. The van der Waals surface area contributed by atoms with Crippen molar-refractivity contribution in [3.8, 4) is 0 Å². The molecule has 0 radical (unpaired) electrons. The third kappa shape index (κ3) is 28.2. The Balaban J connectivity index is -0.000000137. The molecule has 0 spiro atoms. The zero-order valence-electron chi connectivity index (χ0n) is 22.8. The van der Waals surface area contributed by atoms with Crippen LogP contribution in [0.1, 0.15) is 160 Å². The van der Waals surface area contributed by atoms with Crippen LogP contribution in [0, 0.1) is 23.7 Å². The maximum absolute atomic E-state index is 2.26. The summed E-state index contributed by atoms with van der Waals surface area (Å²) in [6.45, 7) is 27.1. The van der Waals surface area contributed by atoms with Crippen molar-refractivity contribution < 1.29 is 0 Å². The molecule has 176 valence electrons. The number of rotatable bonds is 12. The predicted octanol–water partition coefficient (Wildman–Crippen LogP) is 11.3. The van der Waals surface area contributed by atoms with E-state index >= 15 is 0 Å². The highest BCUT2D eigenvalue weighted by Crippen LogP contribution is 2.11. The van der Waals surface area contributed by atoms with Crippen LogP contribution in [0.3, 0.4) is 0 Å². The smallest absolute Gasteiger partial charge is 0.0422 e. The lowest BCUT2D eigenvalue weighted by molar-refractivity contribution is 0.477. The predicted molar refractivity (Wildman–Crippen MR) is 137 cm³/mol. The molecule has 0 N–H and O–H groups in total. The first kappa shape index (κ1) is 35.4. The molecule has 0 aromatic carbocycles. The van der Waals surface area contributed by atoms with E-state index in [9.17, 15) is 0 Å². The van der Waals surface area contributed by atoms with Gasteiger partial charge in [0.05, 0.1) is 0 Å². The Kier molecular flexibility index (Phi) is 40.1. The van der Waals surface area contributed by atoms with Crippen molar-refractivity contribution in [2.24, 2.45) is 23.7 Å². The third-order valence-electron chi connectivity index (χ3n) is 6.93. The lowest BCUT2D eigenvalue weighted by Gasteiger charge is -2.05. The second-order valence-corrected chi connectivity index (χ2v) is 8.36. The Hall–Kier alpha value is 0. The van der Waals surface area contributed by atoms with Crippen LogP contribution in [-0.2, 0) is 0 Å². The molecule has 0 saturated carbocycles. The van der Waals surface area contributed by atoms with Gasteiger partial charge in [-0.25, -0.2) is 0 Å². The first-order valence-electron chi connectivity index (χ1n) is 13.4. The second kappa shape index (κ2) is 31.7. The van der Waals surface area contributed by atoms with E-state index in [1.54, 1.807) is 0 Å². The van der Waals surface area contributed by atoms with Crippen molar-refractivity contribution in [2.45, 2.75) is 160 Å². The van der Waals surface area contributed by atoms with Crippen LogP contribution in [0.15, 0.2) is 0 Å². The van der Waals surface area contributed by atoms with Gasteiger partial charge in [-0.1, -0.05) is 160 Å². The van der Waals surface area contributed by atoms with Crippen molar-refractivity contribution in [2.75, 3.05) is 0 Å². The molecule has 0 aliphatic heterocycles. The average molecular weight is 401 g/mol. The summed E-state index contributed by atoms with van der Waals surface area (Å²) in [7, 11) is 0. The lowest BCUT2D eigenvalue weighted by atomic mass is 10.0. The fourth-order valence-electron chi connectivity index (χ4n) is 3.46. The van der Waals surface area contributed by atoms with Crippen LogP contribution in [0.25, 0.3) is 0 Å². The van der Waals surface area contributed by atoms with E-state index < -0.39 is 0 Å². The molecular weight excluding hydrogens is 336 g/mol. The van der Waals surface area contributed by atoms with Crippen LogP contribution in [-0.4, -0.2) is 0 Å². The average Bonchev–Trinajstić information content (AvgIpc) is 2.75. The Morgan fingerprint density at radius 1 is 0.214 bits per heavy atom. The Labute approximate surface area is 184 Å². The van der Waals surface area contributed by atoms with Crippen molar-refractivity contribution in [1.29, 1.82) is 0 Å². The summed E-state index contributed by atoms with van der Waals surface area (Å²) in [4.78, 5) is 0. The van der Waals surface area contributed by atoms with E-state index in [0.717, 1.165) is 23.7 Å². The highest BCUT2D eigenvalue weighted by atomic mass is 14.0. The van der Waals surface area contributed by atoms with E-state index in [1.807, 2.05) is 0 Å². The molecule has 0 bridgehead atoms. The fourth-order valence-corrected chi connectivity index (χ4v) is 3.46. The van der Waals surface area contributed by atoms with E-state index in [-0.39, 0.29) is 0 Å². The topological polar surface area (TPSA) is 0 Å². The maximum Gasteiger partial charge on any atom is -0.0422 e. The highest BCUT2D eigenvalue weighted by Gasteiger charge is 1.97. The van der Waals surface area contributed by atoms with E-state index in [2.05, 4.69) is 83.1 Å². The van der Waals surface area contributed by atoms with Gasteiger partial charge in [0.25, 0.3) is 0 Å². The Morgan fingerprint density at radius 2 is 0.286 bits per heavy atom. The maximum atomic E-state index is 2.26. The van der Waals surface area contributed by atoms with Crippen molar-refractivity contribution >= 4 is 0 Å². The van der Waals surface area contributed by atoms with Crippen LogP contribution in [0.4, 0.5) is 0 Å². The van der Waals surface area contributed by atoms with Gasteiger partial charge in [-0.15, -0.1) is 0 Å². The summed E-state index contributed by atoms with van der Waals surface area (Å²) in [5, 5.41) is 0. The van der Waals surface area contributed by atoms with Crippen molar-refractivity contribution in [3.05, 3.63) is 0 Å². The van der Waals surface area contributed by atoms with E-state index in [4.69, 9.17) is 0 Å². The van der Waals surface area contributed by atoms with Crippen LogP contribution >= 0.6 is 0 Å². The quantitative estimate of drug-likeness (QED) is 0.305. The van der Waals surface area contributed by atoms with E-state index in [0.29, 0.717) is 0 Å². The molecule has 28 heavy (non-hydrogen) atoms. The molecule has 0 heteroatoms. The molecule has 0 atom stereocenters. The van der Waals surface area contributed by atoms with Gasteiger partial charge in [0, 0.05) is 0 Å². The summed E-state index contributed by atoms with van der Waals surface area (Å²) in [5.41, 5.74) is 0. The van der Waals surface area contributed by atoms with Gasteiger partial charge in [0.15, 0.2) is 0 Å². The molecule has 0 aromatic heterocycles. The van der Waals surface area contributed by atoms with Crippen LogP contribution < -0.4 is 0 Å². The summed E-state index contributed by atoms with van der Waals surface area (Å²) >= 11 is 0. The van der Waals surface area contributed by atoms with Gasteiger partial charge in [0.1, 0.15) is 0 Å². The molecule has 0 fully saturated rings. The lowest BCUT2D eigenvalue weighted by Crippen LogP contribution is -1.91. The molecule has 0 rings (SSSR count). The van der Waals surface area contributed by atoms with Gasteiger partial charge in [-0.05, 0) is 23.7 Å². The molecule has 0 aliphatic rings. The first-order valence-corrected chi connectivity index (χ1v) is 13.4. The molecule has 0 aliphatic carbocycles. The second-order valence-electron chi connectivity index (χ2n) is 8.36. The van der Waals surface area contributed by atoms with Crippen LogP contribution in [0.2, 0.25) is 0 Å². The van der Waals surface area contributed by atoms with Gasteiger partial charge in [-0.3, -0.25) is 0 Å². The summed E-state index contributed by atoms with van der Waals surface area (Å²) < 4.78 is 0. The number of hydrogen-bond acceptors (Lipinski definition) is 0. The Morgan fingerprint density at radius 3 is 0.286 bits per heavy atom. The minimum atomic E-state index is 0.986. The monoisotopic (exact) mass is 401 g/mol.